The van der Waals surface area contributed by atoms with Crippen LogP contribution in [0, 0.1) is 0 Å². The molecule has 0 aliphatic carbocycles. The highest BCUT2D eigenvalue weighted by Gasteiger charge is 2.28. The van der Waals surface area contributed by atoms with E-state index in [9.17, 15) is 13.2 Å². The van der Waals surface area contributed by atoms with Crippen LogP contribution in [-0.4, -0.2) is 21.1 Å². The highest BCUT2D eigenvalue weighted by atomic mass is 32.2. The third-order valence-electron chi connectivity index (χ3n) is 4.29. The van der Waals surface area contributed by atoms with Crippen molar-refractivity contribution in [3.05, 3.63) is 66.6 Å². The van der Waals surface area contributed by atoms with Gasteiger partial charge in [-0.05, 0) is 48.5 Å². The van der Waals surface area contributed by atoms with Crippen LogP contribution in [0.25, 0.3) is 0 Å². The highest BCUT2D eigenvalue weighted by Crippen LogP contribution is 2.37. The molecule has 0 atom stereocenters. The van der Waals surface area contributed by atoms with Crippen LogP contribution in [-0.2, 0) is 21.4 Å². The molecule has 0 saturated carbocycles. The van der Waals surface area contributed by atoms with Gasteiger partial charge in [-0.15, -0.1) is 0 Å². The number of rotatable bonds is 6. The number of sulfonamides is 1. The summed E-state index contributed by atoms with van der Waals surface area (Å²) in [5, 5.41) is 2.62. The molecule has 1 aliphatic rings. The van der Waals surface area contributed by atoms with Crippen LogP contribution < -0.4 is 19.1 Å². The first-order chi connectivity index (χ1) is 13.9. The predicted molar refractivity (Wildman–Crippen MR) is 105 cm³/mol. The molecule has 1 aliphatic heterocycles. The summed E-state index contributed by atoms with van der Waals surface area (Å²) in [5.41, 5.74) is 0.925. The Hall–Kier alpha value is -3.46. The summed E-state index contributed by atoms with van der Waals surface area (Å²) < 4.78 is 44.1. The van der Waals surface area contributed by atoms with Gasteiger partial charge in [0, 0.05) is 18.7 Å². The van der Waals surface area contributed by atoms with Crippen LogP contribution in [0.2, 0.25) is 0 Å². The lowest BCUT2D eigenvalue weighted by Gasteiger charge is -2.24. The summed E-state index contributed by atoms with van der Waals surface area (Å²) in [6.07, 6.45) is 1.49. The Morgan fingerprint density at radius 2 is 1.83 bits per heavy atom. The van der Waals surface area contributed by atoms with Gasteiger partial charge < -0.3 is 19.2 Å². The molecule has 0 unspecified atom stereocenters. The van der Waals surface area contributed by atoms with Crippen molar-refractivity contribution in [1.82, 2.24) is 0 Å². The summed E-state index contributed by atoms with van der Waals surface area (Å²) in [6, 6.07) is 14.3. The van der Waals surface area contributed by atoms with Gasteiger partial charge in [-0.2, -0.15) is 0 Å². The molecule has 0 bridgehead atoms. The number of benzene rings is 2. The Morgan fingerprint density at radius 3 is 2.52 bits per heavy atom. The van der Waals surface area contributed by atoms with Crippen LogP contribution in [0.1, 0.15) is 12.7 Å². The Kier molecular flexibility index (Phi) is 4.89. The molecule has 1 amide bonds. The molecule has 3 aromatic rings. The molecule has 29 heavy (non-hydrogen) atoms. The SMILES string of the molecule is CC(=O)Nc1ccc(S(=O)(=O)N(Cc2ccco2)c2ccc3c(c2)OCO3)cc1. The van der Waals surface area contributed by atoms with Crippen molar-refractivity contribution in [3.8, 4) is 11.5 Å². The number of hydrogen-bond acceptors (Lipinski definition) is 6. The van der Waals surface area contributed by atoms with Gasteiger partial charge in [0.05, 0.1) is 23.4 Å². The van der Waals surface area contributed by atoms with Crippen LogP contribution in [0.3, 0.4) is 0 Å². The number of carbonyl (C=O) groups excluding carboxylic acids is 1. The third-order valence-corrected chi connectivity index (χ3v) is 6.07. The summed E-state index contributed by atoms with van der Waals surface area (Å²) in [6.45, 7) is 1.48. The van der Waals surface area contributed by atoms with Crippen LogP contribution in [0.5, 0.6) is 11.5 Å². The smallest absolute Gasteiger partial charge is 0.264 e. The molecule has 4 rings (SSSR count). The lowest BCUT2D eigenvalue weighted by Crippen LogP contribution is -2.30. The number of amides is 1. The molecular formula is C20H18N2O6S. The third kappa shape index (κ3) is 3.90. The van der Waals surface area contributed by atoms with E-state index >= 15 is 0 Å². The first-order valence-electron chi connectivity index (χ1n) is 8.76. The molecule has 0 spiro atoms. The quantitative estimate of drug-likeness (QED) is 0.664. The Labute approximate surface area is 167 Å². The zero-order valence-electron chi connectivity index (χ0n) is 15.5. The predicted octanol–water partition coefficient (Wildman–Crippen LogP) is 3.36. The van der Waals surface area contributed by atoms with Crippen molar-refractivity contribution in [2.45, 2.75) is 18.4 Å². The van der Waals surface area contributed by atoms with Crippen LogP contribution in [0.15, 0.2) is 70.2 Å². The molecule has 1 aromatic heterocycles. The maximum atomic E-state index is 13.4. The second kappa shape index (κ2) is 7.51. The van der Waals surface area contributed by atoms with Gasteiger partial charge >= 0.3 is 0 Å². The lowest BCUT2D eigenvalue weighted by atomic mass is 10.2. The molecule has 0 radical (unpaired) electrons. The Balaban J connectivity index is 1.72. The van der Waals surface area contributed by atoms with E-state index in [0.29, 0.717) is 28.6 Å². The number of anilines is 2. The number of nitrogens with one attached hydrogen (secondary N) is 1. The number of furan rings is 1. The lowest BCUT2D eigenvalue weighted by molar-refractivity contribution is -0.114. The fraction of sp³-hybridized carbons (Fsp3) is 0.150. The van der Waals surface area contributed by atoms with E-state index in [2.05, 4.69) is 5.32 Å². The van der Waals surface area contributed by atoms with Crippen molar-refractivity contribution in [3.63, 3.8) is 0 Å². The largest absolute Gasteiger partial charge is 0.467 e. The molecule has 1 N–H and O–H groups in total. The van der Waals surface area contributed by atoms with Crippen molar-refractivity contribution in [2.24, 2.45) is 0 Å². The number of ether oxygens (including phenoxy) is 2. The topological polar surface area (TPSA) is 98.1 Å². The Morgan fingerprint density at radius 1 is 1.07 bits per heavy atom. The van der Waals surface area contributed by atoms with E-state index < -0.39 is 10.0 Å². The van der Waals surface area contributed by atoms with E-state index in [4.69, 9.17) is 13.9 Å². The van der Waals surface area contributed by atoms with Gasteiger partial charge in [0.1, 0.15) is 5.76 Å². The minimum atomic E-state index is -3.93. The maximum absolute atomic E-state index is 13.4. The number of hydrogen-bond donors (Lipinski definition) is 1. The fourth-order valence-corrected chi connectivity index (χ4v) is 4.36. The van der Waals surface area contributed by atoms with E-state index in [1.165, 1.54) is 29.6 Å². The van der Waals surface area contributed by atoms with Crippen molar-refractivity contribution >= 4 is 27.3 Å². The summed E-state index contributed by atoms with van der Waals surface area (Å²) in [4.78, 5) is 11.3. The summed E-state index contributed by atoms with van der Waals surface area (Å²) in [7, 11) is -3.93. The van der Waals surface area contributed by atoms with Gasteiger partial charge in [0.25, 0.3) is 10.0 Å². The summed E-state index contributed by atoms with van der Waals surface area (Å²) >= 11 is 0. The molecule has 0 fully saturated rings. The zero-order valence-corrected chi connectivity index (χ0v) is 16.3. The molecule has 2 heterocycles. The monoisotopic (exact) mass is 414 g/mol. The van der Waals surface area contributed by atoms with Gasteiger partial charge in [0.15, 0.2) is 11.5 Å². The second-order valence-corrected chi connectivity index (χ2v) is 8.20. The zero-order chi connectivity index (χ0) is 20.4. The molecule has 150 valence electrons. The highest BCUT2D eigenvalue weighted by molar-refractivity contribution is 7.92. The molecule has 8 nitrogen and oxygen atoms in total. The molecular weight excluding hydrogens is 396 g/mol. The van der Waals surface area contributed by atoms with Crippen LogP contribution >= 0.6 is 0 Å². The fourth-order valence-electron chi connectivity index (χ4n) is 2.94. The average molecular weight is 414 g/mol. The maximum Gasteiger partial charge on any atom is 0.264 e. The summed E-state index contributed by atoms with van der Waals surface area (Å²) in [5.74, 6) is 1.29. The van der Waals surface area contributed by atoms with Gasteiger partial charge in [-0.1, -0.05) is 0 Å². The van der Waals surface area contributed by atoms with Gasteiger partial charge in [-0.3, -0.25) is 9.10 Å². The second-order valence-electron chi connectivity index (χ2n) is 6.33. The van der Waals surface area contributed by atoms with E-state index in [-0.39, 0.29) is 24.1 Å². The number of carbonyl (C=O) groups is 1. The minimum Gasteiger partial charge on any atom is -0.467 e. The first-order valence-corrected chi connectivity index (χ1v) is 10.2. The molecule has 2 aromatic carbocycles. The van der Waals surface area contributed by atoms with E-state index in [0.717, 1.165) is 0 Å². The first kappa shape index (κ1) is 18.9. The van der Waals surface area contributed by atoms with Crippen LogP contribution in [0.4, 0.5) is 11.4 Å². The normalized spacial score (nSPS) is 12.6. The molecule has 0 saturated heterocycles. The van der Waals surface area contributed by atoms with E-state index in [1.807, 2.05) is 0 Å². The van der Waals surface area contributed by atoms with E-state index in [1.54, 1.807) is 42.5 Å². The molecule has 9 heteroatoms. The average Bonchev–Trinajstić information content (AvgIpc) is 3.37. The van der Waals surface area contributed by atoms with Crippen molar-refractivity contribution in [1.29, 1.82) is 0 Å². The standard InChI is InChI=1S/C20H18N2O6S/c1-14(23)21-15-4-7-18(8-5-15)29(24,25)22(12-17-3-2-10-26-17)16-6-9-19-20(11-16)28-13-27-19/h2-11H,12-13H2,1H3,(H,21,23). The van der Waals surface area contributed by atoms with Crippen molar-refractivity contribution < 1.29 is 27.1 Å². The minimum absolute atomic E-state index is 0.00241. The Bertz CT molecular complexity index is 1120. The van der Waals surface area contributed by atoms with Gasteiger partial charge in [0.2, 0.25) is 12.7 Å². The number of fused-ring (bicyclic) bond motifs is 1. The van der Waals surface area contributed by atoms with Crippen molar-refractivity contribution in [2.75, 3.05) is 16.4 Å². The number of nitrogens with zero attached hydrogens (tertiary/aromatic N) is 1. The van der Waals surface area contributed by atoms with Gasteiger partial charge in [-0.25, -0.2) is 8.42 Å².